The summed E-state index contributed by atoms with van der Waals surface area (Å²) in [6.07, 6.45) is 3.83. The number of hydrogen-bond acceptors (Lipinski definition) is 3. The Morgan fingerprint density at radius 3 is 2.42 bits per heavy atom. The van der Waals surface area contributed by atoms with Crippen molar-refractivity contribution in [2.24, 2.45) is 11.8 Å². The highest BCUT2D eigenvalue weighted by atomic mass is 35.5. The lowest BCUT2D eigenvalue weighted by Gasteiger charge is -2.42. The molecule has 2 unspecified atom stereocenters. The fourth-order valence-corrected chi connectivity index (χ4v) is 3.18. The molecule has 2 rings (SSSR count). The maximum atomic E-state index is 6.03. The minimum absolute atomic E-state index is 0. The molecular weight excluding hydrogens is 260 g/mol. The molecule has 0 aromatic carbocycles. The number of hydrogen-bond donors (Lipinski definition) is 1. The number of ether oxygens (including phenoxy) is 1. The third-order valence-corrected chi connectivity index (χ3v) is 4.57. The molecule has 0 spiro atoms. The Morgan fingerprint density at radius 1 is 1.32 bits per heavy atom. The van der Waals surface area contributed by atoms with Crippen molar-refractivity contribution in [3.63, 3.8) is 0 Å². The average molecular weight is 291 g/mol. The third kappa shape index (κ3) is 4.89. The van der Waals surface area contributed by atoms with Crippen LogP contribution in [0.1, 0.15) is 47.0 Å². The molecule has 2 saturated heterocycles. The fourth-order valence-electron chi connectivity index (χ4n) is 3.18. The lowest BCUT2D eigenvalue weighted by Crippen LogP contribution is -2.54. The van der Waals surface area contributed by atoms with Crippen LogP contribution in [0.4, 0.5) is 0 Å². The van der Waals surface area contributed by atoms with Gasteiger partial charge < -0.3 is 9.64 Å². The Labute approximate surface area is 124 Å². The summed E-state index contributed by atoms with van der Waals surface area (Å²) in [5, 5.41) is 3.59. The molecule has 4 heteroatoms. The molecule has 2 aliphatic rings. The van der Waals surface area contributed by atoms with Gasteiger partial charge in [0, 0.05) is 12.6 Å². The molecule has 0 bridgehead atoms. The van der Waals surface area contributed by atoms with Crippen molar-refractivity contribution in [1.29, 1.82) is 0 Å². The fraction of sp³-hybridized carbons (Fsp3) is 1.00. The van der Waals surface area contributed by atoms with Crippen LogP contribution in [0.2, 0.25) is 0 Å². The topological polar surface area (TPSA) is 24.5 Å². The van der Waals surface area contributed by atoms with Crippen molar-refractivity contribution in [2.45, 2.75) is 58.7 Å². The Morgan fingerprint density at radius 2 is 1.95 bits per heavy atom. The van der Waals surface area contributed by atoms with Crippen LogP contribution in [-0.4, -0.2) is 42.9 Å². The second-order valence-corrected chi connectivity index (χ2v) is 6.81. The molecule has 2 aliphatic heterocycles. The van der Waals surface area contributed by atoms with E-state index in [2.05, 4.69) is 37.9 Å². The minimum Gasteiger partial charge on any atom is -0.361 e. The van der Waals surface area contributed by atoms with Crippen LogP contribution in [0.25, 0.3) is 0 Å². The van der Waals surface area contributed by atoms with Crippen LogP contribution in [0.3, 0.4) is 0 Å². The molecule has 2 heterocycles. The number of halogens is 1. The molecule has 2 atom stereocenters. The smallest absolute Gasteiger partial charge is 0.116 e. The predicted octanol–water partition coefficient (Wildman–Crippen LogP) is 2.89. The molecule has 0 amide bonds. The van der Waals surface area contributed by atoms with Gasteiger partial charge in [0.1, 0.15) is 5.72 Å². The molecule has 3 nitrogen and oxygen atoms in total. The lowest BCUT2D eigenvalue weighted by molar-refractivity contribution is -0.116. The second kappa shape index (κ2) is 7.26. The van der Waals surface area contributed by atoms with Crippen LogP contribution >= 0.6 is 12.4 Å². The number of piperidine rings is 1. The molecular formula is C15H31ClN2O. The van der Waals surface area contributed by atoms with Gasteiger partial charge in [0.05, 0.1) is 6.61 Å². The summed E-state index contributed by atoms with van der Waals surface area (Å²) in [6, 6.07) is 0.700. The molecule has 2 fully saturated rings. The van der Waals surface area contributed by atoms with E-state index in [9.17, 15) is 0 Å². The molecule has 19 heavy (non-hydrogen) atoms. The van der Waals surface area contributed by atoms with E-state index in [4.69, 9.17) is 4.74 Å². The maximum Gasteiger partial charge on any atom is 0.116 e. The highest BCUT2D eigenvalue weighted by Crippen LogP contribution is 2.29. The van der Waals surface area contributed by atoms with Gasteiger partial charge in [-0.1, -0.05) is 6.92 Å². The molecule has 114 valence electrons. The summed E-state index contributed by atoms with van der Waals surface area (Å²) >= 11 is 0. The Bertz CT molecular complexity index is 257. The second-order valence-electron chi connectivity index (χ2n) is 6.81. The highest BCUT2D eigenvalue weighted by Gasteiger charge is 2.34. The zero-order valence-electron chi connectivity index (χ0n) is 12.9. The van der Waals surface area contributed by atoms with E-state index in [0.29, 0.717) is 12.0 Å². The molecule has 0 aliphatic carbocycles. The van der Waals surface area contributed by atoms with Gasteiger partial charge in [-0.2, -0.15) is 0 Å². The van der Waals surface area contributed by atoms with Crippen molar-refractivity contribution in [3.05, 3.63) is 0 Å². The van der Waals surface area contributed by atoms with Crippen LogP contribution < -0.4 is 5.32 Å². The van der Waals surface area contributed by atoms with E-state index in [0.717, 1.165) is 19.1 Å². The summed E-state index contributed by atoms with van der Waals surface area (Å²) in [5.41, 5.74) is -0.0722. The van der Waals surface area contributed by atoms with E-state index in [1.54, 1.807) is 0 Å². The summed E-state index contributed by atoms with van der Waals surface area (Å²) in [4.78, 5) is 2.59. The van der Waals surface area contributed by atoms with Crippen LogP contribution in [0, 0.1) is 11.8 Å². The Hall–Kier alpha value is 0.170. The van der Waals surface area contributed by atoms with Crippen molar-refractivity contribution < 1.29 is 4.74 Å². The number of nitrogens with one attached hydrogen (secondary N) is 1. The Kier molecular flexibility index (Phi) is 6.58. The van der Waals surface area contributed by atoms with E-state index in [1.807, 2.05) is 0 Å². The van der Waals surface area contributed by atoms with Crippen molar-refractivity contribution in [2.75, 3.05) is 26.2 Å². The van der Waals surface area contributed by atoms with Crippen LogP contribution in [-0.2, 0) is 4.74 Å². The monoisotopic (exact) mass is 290 g/mol. The summed E-state index contributed by atoms with van der Waals surface area (Å²) in [7, 11) is 0. The van der Waals surface area contributed by atoms with Gasteiger partial charge in [-0.05, 0) is 65.0 Å². The summed E-state index contributed by atoms with van der Waals surface area (Å²) in [5.74, 6) is 1.48. The molecule has 1 N–H and O–H groups in total. The largest absolute Gasteiger partial charge is 0.361 e. The Balaban J connectivity index is 0.00000180. The van der Waals surface area contributed by atoms with Gasteiger partial charge in [-0.15, -0.1) is 12.4 Å². The molecule has 0 radical (unpaired) electrons. The number of nitrogens with zero attached hydrogens (tertiary/aromatic N) is 1. The van der Waals surface area contributed by atoms with E-state index in [-0.39, 0.29) is 18.1 Å². The number of likely N-dealkylation sites (tertiary alicyclic amines) is 1. The van der Waals surface area contributed by atoms with E-state index < -0.39 is 0 Å². The number of rotatable bonds is 3. The first-order chi connectivity index (χ1) is 8.48. The van der Waals surface area contributed by atoms with Gasteiger partial charge >= 0.3 is 0 Å². The zero-order chi connectivity index (χ0) is 13.2. The lowest BCUT2D eigenvalue weighted by atomic mass is 9.88. The predicted molar refractivity (Wildman–Crippen MR) is 82.8 cm³/mol. The summed E-state index contributed by atoms with van der Waals surface area (Å²) in [6.45, 7) is 13.6. The molecule has 0 aromatic heterocycles. The average Bonchev–Trinajstić information content (AvgIpc) is 2.34. The van der Waals surface area contributed by atoms with Crippen molar-refractivity contribution in [1.82, 2.24) is 10.2 Å². The minimum atomic E-state index is -0.0722. The first-order valence-electron chi connectivity index (χ1n) is 7.61. The molecule has 0 saturated carbocycles. The highest BCUT2D eigenvalue weighted by molar-refractivity contribution is 5.85. The normalized spacial score (nSPS) is 34.3. The standard InChI is InChI=1S/C15H30N2O.ClH/c1-12(2)17-7-5-14(6-8-17)9-15(4)16-10-13(3)11-18-15;/h12-14,16H,5-11H2,1-4H3;1H. The van der Waals surface area contributed by atoms with Crippen molar-refractivity contribution in [3.8, 4) is 0 Å². The van der Waals surface area contributed by atoms with Gasteiger partial charge in [-0.3, -0.25) is 5.32 Å². The van der Waals surface area contributed by atoms with Crippen LogP contribution in [0.5, 0.6) is 0 Å². The quantitative estimate of drug-likeness (QED) is 0.865. The zero-order valence-corrected chi connectivity index (χ0v) is 13.8. The SMILES string of the molecule is CC1CNC(C)(CC2CCN(C(C)C)CC2)OC1.Cl. The van der Waals surface area contributed by atoms with Crippen molar-refractivity contribution >= 4 is 12.4 Å². The van der Waals surface area contributed by atoms with Gasteiger partial charge in [0.15, 0.2) is 0 Å². The van der Waals surface area contributed by atoms with Gasteiger partial charge in [0.2, 0.25) is 0 Å². The summed E-state index contributed by atoms with van der Waals surface area (Å²) < 4.78 is 6.03. The third-order valence-electron chi connectivity index (χ3n) is 4.57. The molecule has 0 aromatic rings. The van der Waals surface area contributed by atoms with Gasteiger partial charge in [0.25, 0.3) is 0 Å². The van der Waals surface area contributed by atoms with Crippen LogP contribution in [0.15, 0.2) is 0 Å². The maximum absolute atomic E-state index is 6.03. The van der Waals surface area contributed by atoms with E-state index in [1.165, 1.54) is 32.4 Å². The van der Waals surface area contributed by atoms with Gasteiger partial charge in [-0.25, -0.2) is 0 Å². The first kappa shape index (κ1) is 17.2. The first-order valence-corrected chi connectivity index (χ1v) is 7.61. The van der Waals surface area contributed by atoms with E-state index >= 15 is 0 Å².